The van der Waals surface area contributed by atoms with Crippen LogP contribution in [-0.4, -0.2) is 35.7 Å². The average molecular weight is 328 g/mol. The van der Waals surface area contributed by atoms with Gasteiger partial charge in [0, 0.05) is 13.1 Å². The Hall–Kier alpha value is -1.28. The number of halogens is 4. The highest BCUT2D eigenvalue weighted by Gasteiger charge is 2.27. The first-order valence-corrected chi connectivity index (χ1v) is 6.72. The third-order valence-corrected chi connectivity index (χ3v) is 2.72. The van der Waals surface area contributed by atoms with Crippen molar-refractivity contribution < 1.29 is 17.9 Å². The largest absolute Gasteiger partial charge is 0.411 e. The number of rotatable bonds is 7. The van der Waals surface area contributed by atoms with Crippen LogP contribution in [0.1, 0.15) is 13.8 Å². The van der Waals surface area contributed by atoms with Gasteiger partial charge in [0.15, 0.2) is 0 Å². The van der Waals surface area contributed by atoms with Gasteiger partial charge >= 0.3 is 6.18 Å². The van der Waals surface area contributed by atoms with E-state index in [1.807, 2.05) is 13.8 Å². The van der Waals surface area contributed by atoms with Crippen molar-refractivity contribution in [2.75, 3.05) is 25.1 Å². The van der Waals surface area contributed by atoms with E-state index in [9.17, 15) is 18.0 Å². The molecule has 0 bridgehead atoms. The second-order valence-electron chi connectivity index (χ2n) is 4.85. The molecule has 1 rings (SSSR count). The molecule has 0 spiro atoms. The molecule has 0 aliphatic carbocycles. The van der Waals surface area contributed by atoms with Gasteiger partial charge < -0.3 is 10.1 Å². The van der Waals surface area contributed by atoms with Crippen LogP contribution in [0.5, 0.6) is 0 Å². The number of alkyl halides is 3. The first-order valence-electron chi connectivity index (χ1n) is 6.34. The van der Waals surface area contributed by atoms with E-state index in [1.54, 1.807) is 0 Å². The highest BCUT2D eigenvalue weighted by Crippen LogP contribution is 2.16. The van der Waals surface area contributed by atoms with E-state index in [4.69, 9.17) is 11.6 Å². The van der Waals surface area contributed by atoms with Crippen molar-refractivity contribution in [2.45, 2.75) is 26.6 Å². The van der Waals surface area contributed by atoms with Crippen molar-refractivity contribution in [1.82, 2.24) is 9.78 Å². The molecule has 1 aromatic heterocycles. The van der Waals surface area contributed by atoms with Crippen molar-refractivity contribution >= 4 is 17.3 Å². The monoisotopic (exact) mass is 327 g/mol. The molecule has 0 unspecified atom stereocenters. The number of aromatic nitrogens is 2. The van der Waals surface area contributed by atoms with Crippen LogP contribution in [0, 0.1) is 5.92 Å². The van der Waals surface area contributed by atoms with Gasteiger partial charge in [-0.1, -0.05) is 25.4 Å². The summed E-state index contributed by atoms with van der Waals surface area (Å²) in [6.07, 6.45) is -2.98. The van der Waals surface area contributed by atoms with Crippen LogP contribution < -0.4 is 10.9 Å². The maximum absolute atomic E-state index is 11.9. The van der Waals surface area contributed by atoms with Gasteiger partial charge in [0.2, 0.25) is 0 Å². The quantitative estimate of drug-likeness (QED) is 0.782. The first-order chi connectivity index (χ1) is 9.70. The lowest BCUT2D eigenvalue weighted by atomic mass is 10.2. The highest BCUT2D eigenvalue weighted by molar-refractivity contribution is 6.32. The van der Waals surface area contributed by atoms with E-state index in [1.165, 1.54) is 10.9 Å². The lowest BCUT2D eigenvalue weighted by Crippen LogP contribution is -2.26. The summed E-state index contributed by atoms with van der Waals surface area (Å²) in [7, 11) is 0. The van der Waals surface area contributed by atoms with Crippen LogP contribution >= 0.6 is 11.6 Å². The smallest absolute Gasteiger partial charge is 0.380 e. The Morgan fingerprint density at radius 2 is 2.14 bits per heavy atom. The summed E-state index contributed by atoms with van der Waals surface area (Å²) < 4.78 is 41.2. The Labute approximate surface area is 125 Å². The molecule has 0 fully saturated rings. The summed E-state index contributed by atoms with van der Waals surface area (Å²) in [5.74, 6) is 0.237. The minimum atomic E-state index is -4.35. The minimum Gasteiger partial charge on any atom is -0.380 e. The second-order valence-corrected chi connectivity index (χ2v) is 5.23. The van der Waals surface area contributed by atoms with E-state index in [2.05, 4.69) is 15.2 Å². The van der Waals surface area contributed by atoms with Gasteiger partial charge in [-0.2, -0.15) is 18.3 Å². The topological polar surface area (TPSA) is 56.1 Å². The third-order valence-electron chi connectivity index (χ3n) is 2.35. The van der Waals surface area contributed by atoms with Crippen LogP contribution in [0.3, 0.4) is 0 Å². The highest BCUT2D eigenvalue weighted by atomic mass is 35.5. The third kappa shape index (κ3) is 6.34. The zero-order chi connectivity index (χ0) is 16.0. The van der Waals surface area contributed by atoms with E-state index in [0.29, 0.717) is 6.54 Å². The molecule has 1 heterocycles. The molecular weight excluding hydrogens is 311 g/mol. The Bertz CT molecular complexity index is 517. The fourth-order valence-corrected chi connectivity index (χ4v) is 1.72. The van der Waals surface area contributed by atoms with Crippen LogP contribution in [0.15, 0.2) is 11.0 Å². The SMILES string of the molecule is CC(C)Cn1ncc(NCCOCC(F)(F)F)c(Cl)c1=O. The van der Waals surface area contributed by atoms with Crippen LogP contribution in [0.2, 0.25) is 5.02 Å². The zero-order valence-corrected chi connectivity index (χ0v) is 12.5. The zero-order valence-electron chi connectivity index (χ0n) is 11.7. The summed E-state index contributed by atoms with van der Waals surface area (Å²) in [6, 6.07) is 0. The number of hydrogen-bond acceptors (Lipinski definition) is 4. The molecule has 21 heavy (non-hydrogen) atoms. The van der Waals surface area contributed by atoms with Gasteiger partial charge in [-0.25, -0.2) is 4.68 Å². The number of nitrogens with zero attached hydrogens (tertiary/aromatic N) is 2. The molecule has 0 aliphatic rings. The van der Waals surface area contributed by atoms with Gasteiger partial charge in [-0.15, -0.1) is 0 Å². The molecular formula is C12H17ClF3N3O2. The Morgan fingerprint density at radius 1 is 1.48 bits per heavy atom. The average Bonchev–Trinajstić information content (AvgIpc) is 2.35. The van der Waals surface area contributed by atoms with Crippen molar-refractivity contribution in [2.24, 2.45) is 5.92 Å². The number of ether oxygens (including phenoxy) is 1. The van der Waals surface area contributed by atoms with E-state index in [0.717, 1.165) is 0 Å². The predicted molar refractivity (Wildman–Crippen MR) is 73.7 cm³/mol. The van der Waals surface area contributed by atoms with Gasteiger partial charge in [0.1, 0.15) is 11.6 Å². The van der Waals surface area contributed by atoms with Gasteiger partial charge in [-0.05, 0) is 5.92 Å². The Morgan fingerprint density at radius 3 is 2.71 bits per heavy atom. The van der Waals surface area contributed by atoms with E-state index in [-0.39, 0.29) is 29.8 Å². The van der Waals surface area contributed by atoms with Crippen molar-refractivity contribution in [3.05, 3.63) is 21.6 Å². The molecule has 0 saturated heterocycles. The van der Waals surface area contributed by atoms with E-state index < -0.39 is 18.3 Å². The maximum Gasteiger partial charge on any atom is 0.411 e. The molecule has 0 saturated carbocycles. The molecule has 0 aromatic carbocycles. The second kappa shape index (κ2) is 7.65. The molecule has 0 aliphatic heterocycles. The molecule has 9 heteroatoms. The molecule has 1 aromatic rings. The molecule has 0 radical (unpaired) electrons. The fourth-order valence-electron chi connectivity index (χ4n) is 1.51. The van der Waals surface area contributed by atoms with Crippen molar-refractivity contribution in [1.29, 1.82) is 0 Å². The molecule has 0 amide bonds. The fraction of sp³-hybridized carbons (Fsp3) is 0.667. The summed E-state index contributed by atoms with van der Waals surface area (Å²) >= 11 is 5.91. The van der Waals surface area contributed by atoms with Crippen LogP contribution in [0.4, 0.5) is 18.9 Å². The summed E-state index contributed by atoms with van der Waals surface area (Å²) in [5, 5.41) is 6.63. The number of hydrogen-bond donors (Lipinski definition) is 1. The standard InChI is InChI=1S/C12H17ClF3N3O2/c1-8(2)6-19-11(20)10(13)9(5-18-19)17-3-4-21-7-12(14,15)16/h5,8,17H,3-4,6-7H2,1-2H3. The first kappa shape index (κ1) is 17.8. The lowest BCUT2D eigenvalue weighted by Gasteiger charge is -2.12. The van der Waals surface area contributed by atoms with Gasteiger partial charge in [0.25, 0.3) is 5.56 Å². The minimum absolute atomic E-state index is 0.0403. The Balaban J connectivity index is 2.53. The normalized spacial score (nSPS) is 12.0. The number of nitrogens with one attached hydrogen (secondary N) is 1. The number of anilines is 1. The summed E-state index contributed by atoms with van der Waals surface area (Å²) in [5.41, 5.74) is -0.163. The molecule has 0 atom stereocenters. The molecule has 120 valence electrons. The van der Waals surface area contributed by atoms with Gasteiger partial charge in [-0.3, -0.25) is 4.79 Å². The van der Waals surface area contributed by atoms with Crippen molar-refractivity contribution in [3.8, 4) is 0 Å². The van der Waals surface area contributed by atoms with E-state index >= 15 is 0 Å². The van der Waals surface area contributed by atoms with Gasteiger partial charge in [0.05, 0.1) is 18.5 Å². The molecule has 1 N–H and O–H groups in total. The lowest BCUT2D eigenvalue weighted by molar-refractivity contribution is -0.172. The maximum atomic E-state index is 11.9. The van der Waals surface area contributed by atoms with Crippen molar-refractivity contribution in [3.63, 3.8) is 0 Å². The molecule has 5 nitrogen and oxygen atoms in total. The van der Waals surface area contributed by atoms with Crippen LogP contribution in [0.25, 0.3) is 0 Å². The Kier molecular flexibility index (Phi) is 6.47. The van der Waals surface area contributed by atoms with Crippen LogP contribution in [-0.2, 0) is 11.3 Å². The summed E-state index contributed by atoms with van der Waals surface area (Å²) in [4.78, 5) is 11.9. The predicted octanol–water partition coefficient (Wildman–Crippen LogP) is 2.54. The summed E-state index contributed by atoms with van der Waals surface area (Å²) in [6.45, 7) is 2.93.